The molecule has 8 rings (SSSR count). The van der Waals surface area contributed by atoms with Gasteiger partial charge in [-0.2, -0.15) is 0 Å². The van der Waals surface area contributed by atoms with Crippen molar-refractivity contribution in [2.75, 3.05) is 0 Å². The van der Waals surface area contributed by atoms with Gasteiger partial charge in [0.15, 0.2) is 0 Å². The maximum Gasteiger partial charge on any atom is 0.148 e. The van der Waals surface area contributed by atoms with Gasteiger partial charge in [-0.1, -0.05) is 179 Å². The molecular weight excluding hydrogens is 998 g/mol. The van der Waals surface area contributed by atoms with Crippen molar-refractivity contribution in [1.29, 1.82) is 0 Å². The number of hydrogen-bond donors (Lipinski definition) is 1. The molecule has 0 fully saturated rings. The third-order valence-corrected chi connectivity index (χ3v) is 12.4. The molecule has 0 saturated carbocycles. The summed E-state index contributed by atoms with van der Waals surface area (Å²) in [6.07, 6.45) is 1.50. The minimum Gasteiger partial charge on any atom is -0.507 e. The van der Waals surface area contributed by atoms with Crippen molar-refractivity contribution in [2.24, 2.45) is 0 Å². The fraction of sp³-hybridized carbons (Fsp3) is 0.323. The molecule has 8 aromatic rings. The van der Waals surface area contributed by atoms with E-state index in [0.29, 0.717) is 72.4 Å². The summed E-state index contributed by atoms with van der Waals surface area (Å²) in [4.78, 5) is 10.2. The number of aromatic hydroxyl groups is 1. The van der Waals surface area contributed by atoms with Gasteiger partial charge in [-0.3, -0.25) is 9.55 Å². The number of pyridine rings is 1. The number of hydrogen-bond acceptors (Lipinski definition) is 3. The summed E-state index contributed by atoms with van der Waals surface area (Å²) < 4.78 is 107. The maximum atomic E-state index is 12.6. The van der Waals surface area contributed by atoms with Crippen LogP contribution in [0.1, 0.15) is 157 Å². The summed E-state index contributed by atoms with van der Waals surface area (Å²) >= 11 is 0. The number of nitrogens with zero attached hydrogens (tertiary/aromatic N) is 3. The number of fused-ring (bicyclic) bond motifs is 1. The largest absolute Gasteiger partial charge is 0.507 e. The minimum absolute atomic E-state index is 0. The third-order valence-electron chi connectivity index (χ3n) is 12.4. The summed E-state index contributed by atoms with van der Waals surface area (Å²) in [7, 11) is 0. The molecule has 4 nitrogen and oxygen atoms in total. The zero-order chi connectivity index (χ0) is 57.9. The maximum absolute atomic E-state index is 12.6. The molecule has 0 atom stereocenters. The second-order valence-corrected chi connectivity index (χ2v) is 21.0. The Labute approximate surface area is 432 Å². The van der Waals surface area contributed by atoms with Gasteiger partial charge in [0.1, 0.15) is 11.6 Å². The Bertz CT molecular complexity index is 3630. The fourth-order valence-electron chi connectivity index (χ4n) is 8.61. The van der Waals surface area contributed by atoms with E-state index in [-0.39, 0.29) is 54.9 Å². The molecule has 1 N–H and O–H groups in total. The Morgan fingerprint density at radius 3 is 1.91 bits per heavy atom. The van der Waals surface area contributed by atoms with Gasteiger partial charge >= 0.3 is 0 Å². The van der Waals surface area contributed by atoms with E-state index < -0.39 is 66.1 Å². The topological polar surface area (TPSA) is 50.9 Å². The van der Waals surface area contributed by atoms with Crippen molar-refractivity contribution in [3.05, 3.63) is 166 Å². The number of benzene rings is 6. The van der Waals surface area contributed by atoms with Crippen LogP contribution >= 0.6 is 0 Å². The second kappa shape index (κ2) is 18.5. The number of aromatic nitrogens is 3. The van der Waals surface area contributed by atoms with Crippen LogP contribution in [0.2, 0.25) is 0 Å². The van der Waals surface area contributed by atoms with E-state index in [9.17, 15) is 12.0 Å². The van der Waals surface area contributed by atoms with Crippen LogP contribution < -0.4 is 0 Å². The monoisotopic (exact) mass is 1080 g/mol. The number of phenols is 1. The minimum atomic E-state index is -2.87. The average molecular weight is 1080 g/mol. The predicted molar refractivity (Wildman–Crippen MR) is 280 cm³/mol. The van der Waals surface area contributed by atoms with Gasteiger partial charge in [-0.05, 0) is 117 Å². The number of rotatable bonds is 8. The zero-order valence-corrected chi connectivity index (χ0v) is 43.1. The van der Waals surface area contributed by atoms with Gasteiger partial charge in [-0.25, -0.2) is 4.98 Å². The number of phenolic OH excluding ortho intramolecular Hbond substituents is 1. The van der Waals surface area contributed by atoms with Crippen LogP contribution in [-0.2, 0) is 37.3 Å². The van der Waals surface area contributed by atoms with E-state index in [1.54, 1.807) is 52.0 Å². The van der Waals surface area contributed by atoms with E-state index in [4.69, 9.17) is 19.6 Å². The summed E-state index contributed by atoms with van der Waals surface area (Å²) in [5.41, 5.74) is 6.99. The van der Waals surface area contributed by atoms with E-state index in [0.717, 1.165) is 11.1 Å². The quantitative estimate of drug-likeness (QED) is 0.154. The van der Waals surface area contributed by atoms with Crippen molar-refractivity contribution >= 4 is 11.0 Å². The Hall–Kier alpha value is -5.57. The molecular formula is C62H68N3OPt-. The van der Waals surface area contributed by atoms with Crippen molar-refractivity contribution in [1.82, 2.24) is 14.5 Å². The first-order valence-electron chi connectivity index (χ1n) is 28.6. The van der Waals surface area contributed by atoms with E-state index >= 15 is 0 Å². The van der Waals surface area contributed by atoms with Gasteiger partial charge in [0.05, 0.1) is 27.8 Å². The van der Waals surface area contributed by atoms with Crippen molar-refractivity contribution in [2.45, 2.75) is 132 Å². The van der Waals surface area contributed by atoms with Crippen molar-refractivity contribution in [3.63, 3.8) is 0 Å². The van der Waals surface area contributed by atoms with Gasteiger partial charge in [0.2, 0.25) is 0 Å². The molecule has 2 aromatic heterocycles. The second-order valence-electron chi connectivity index (χ2n) is 21.0. The Morgan fingerprint density at radius 1 is 0.657 bits per heavy atom. The Kier molecular flexibility index (Phi) is 9.81. The molecule has 5 heteroatoms. The smallest absolute Gasteiger partial charge is 0.148 e. The molecule has 2 heterocycles. The molecule has 0 aliphatic carbocycles. The molecule has 0 unspecified atom stereocenters. The molecule has 0 aliphatic rings. The van der Waals surface area contributed by atoms with Crippen molar-refractivity contribution in [3.8, 4) is 67.5 Å². The first kappa shape index (κ1) is 35.6. The van der Waals surface area contributed by atoms with E-state index in [1.807, 2.05) is 92.1 Å². The zero-order valence-electron chi connectivity index (χ0n) is 52.8. The van der Waals surface area contributed by atoms with Crippen LogP contribution in [0.25, 0.3) is 72.7 Å². The van der Waals surface area contributed by atoms with Crippen LogP contribution in [0, 0.1) is 19.8 Å². The SMILES string of the molecule is [2H]c1c([2H])c(C([2H])([2H])[2H])c([2H])c([2H])c1-c1ccnc(-c2[c-]c(-c3cccc4c3nc(-c3cc(C(C)(C)C)cc(C(C)(C)C)c3O)n4-c3ccc(-c4c(C([2H])(C)C)cccc4C([2H])(C)C)cc3C([2H])([2H])[2H])cc(C(C)(C)C)c2)c1.[Pt]. The third kappa shape index (κ3) is 9.75. The van der Waals surface area contributed by atoms with Crippen LogP contribution in [0.5, 0.6) is 5.75 Å². The molecule has 0 aliphatic heterocycles. The molecule has 67 heavy (non-hydrogen) atoms. The summed E-state index contributed by atoms with van der Waals surface area (Å²) in [5.74, 6) is -1.93. The van der Waals surface area contributed by atoms with Gasteiger partial charge < -0.3 is 5.11 Å². The van der Waals surface area contributed by atoms with Crippen molar-refractivity contribution < 1.29 is 42.6 Å². The average Bonchev–Trinajstić information content (AvgIpc) is 3.87. The van der Waals surface area contributed by atoms with Crippen LogP contribution in [0.4, 0.5) is 0 Å². The summed E-state index contributed by atoms with van der Waals surface area (Å²) in [6, 6.07) is 28.9. The normalized spacial score (nSPS) is 15.6. The first-order chi connectivity index (χ1) is 35.7. The van der Waals surface area contributed by atoms with Crippen LogP contribution in [0.15, 0.2) is 121 Å². The predicted octanol–water partition coefficient (Wildman–Crippen LogP) is 17.0. The molecule has 6 aromatic carbocycles. The molecule has 348 valence electrons. The van der Waals surface area contributed by atoms with Crippen LogP contribution in [0.3, 0.4) is 0 Å². The van der Waals surface area contributed by atoms with Crippen LogP contribution in [-0.4, -0.2) is 19.6 Å². The van der Waals surface area contributed by atoms with Gasteiger partial charge in [0.25, 0.3) is 0 Å². The first-order valence-corrected chi connectivity index (χ1v) is 22.6. The molecule has 0 radical (unpaired) electrons. The molecule has 0 bridgehead atoms. The van der Waals surface area contributed by atoms with Gasteiger partial charge in [-0.15, -0.1) is 29.3 Å². The fourth-order valence-corrected chi connectivity index (χ4v) is 8.61. The van der Waals surface area contributed by atoms with E-state index in [1.165, 1.54) is 6.20 Å². The number of imidazole rings is 1. The summed E-state index contributed by atoms with van der Waals surface area (Å²) in [5, 5.41) is 12.6. The van der Waals surface area contributed by atoms with E-state index in [2.05, 4.69) is 47.6 Å². The molecule has 0 saturated heterocycles. The number of para-hydroxylation sites is 1. The summed E-state index contributed by atoms with van der Waals surface area (Å²) in [6.45, 7) is 20.1. The molecule has 0 amide bonds. The number of aryl methyl sites for hydroxylation is 1. The van der Waals surface area contributed by atoms with Gasteiger partial charge in [0, 0.05) is 49.5 Å². The Balaban J connectivity index is 0.00000903. The molecule has 0 spiro atoms. The standard InChI is InChI=1S/C62H68N3O.Pt/c1-37(2)48-18-16-19-49(38(3)4)56(48)43-26-27-54(40(6)30-43)65-55-21-17-20-50(57(55)64-59(65)51-35-47(61(10,11)12)36-52(58(51)66)62(13,14)15)44-31-45(33-46(32-44)60(7,8)9)53-34-42(28-29-63-53)41-24-22-39(5)23-25-41;/h16-30,32-38,66H,1-15H3;/q-1;/i5D3,6D3,22D,23D,24D,25D,37D,38D;. The Morgan fingerprint density at radius 2 is 1.30 bits per heavy atom.